The summed E-state index contributed by atoms with van der Waals surface area (Å²) in [7, 11) is 3.43. The highest BCUT2D eigenvalue weighted by molar-refractivity contribution is 6.04. The van der Waals surface area contributed by atoms with E-state index in [-0.39, 0.29) is 18.2 Å². The third kappa shape index (κ3) is 3.78. The maximum atomic E-state index is 13.2. The van der Waals surface area contributed by atoms with Gasteiger partial charge in [-0.05, 0) is 12.1 Å². The van der Waals surface area contributed by atoms with Gasteiger partial charge in [0.1, 0.15) is 16.2 Å². The monoisotopic (exact) mass is 230 g/mol. The van der Waals surface area contributed by atoms with Crippen LogP contribution in [0.3, 0.4) is 0 Å². The third-order valence-electron chi connectivity index (χ3n) is 1.92. The fourth-order valence-corrected chi connectivity index (χ4v) is 1.16. The Hall–Kier alpha value is -0.383. The van der Waals surface area contributed by atoms with Gasteiger partial charge < -0.3 is 4.57 Å². The van der Waals surface area contributed by atoms with E-state index in [0.717, 1.165) is 0 Å². The second kappa shape index (κ2) is 6.17. The van der Waals surface area contributed by atoms with Gasteiger partial charge in [0.15, 0.2) is 0 Å². The molecule has 0 fully saturated rings. The molecule has 0 saturated carbocycles. The van der Waals surface area contributed by atoms with Crippen molar-refractivity contribution in [1.82, 2.24) is 4.57 Å². The van der Waals surface area contributed by atoms with Gasteiger partial charge in [0.05, 0.1) is 0 Å². The van der Waals surface area contributed by atoms with Crippen molar-refractivity contribution in [3.8, 4) is 0 Å². The molecule has 3 radical (unpaired) electrons. The van der Waals surface area contributed by atoms with Gasteiger partial charge >= 0.3 is 0 Å². The van der Waals surface area contributed by atoms with E-state index in [2.05, 4.69) is 10.4 Å². The lowest BCUT2D eigenvalue weighted by Crippen LogP contribution is -2.27. The summed E-state index contributed by atoms with van der Waals surface area (Å²) in [6, 6.07) is 7.18. The van der Waals surface area contributed by atoms with E-state index in [1.807, 2.05) is 24.5 Å². The van der Waals surface area contributed by atoms with Crippen molar-refractivity contribution in [2.75, 3.05) is 0 Å². The van der Waals surface area contributed by atoms with Crippen molar-refractivity contribution in [2.45, 2.75) is 26.4 Å². The van der Waals surface area contributed by atoms with Gasteiger partial charge in [0.2, 0.25) is 0 Å². The van der Waals surface area contributed by atoms with Gasteiger partial charge in [-0.15, -0.1) is 12.4 Å². The fraction of sp³-hybridized carbons (Fsp3) is 0.400. The van der Waals surface area contributed by atoms with Crippen molar-refractivity contribution in [1.29, 1.82) is 0 Å². The molecule has 0 aromatic heterocycles. The lowest BCUT2D eigenvalue weighted by molar-refractivity contribution is 0.367. The average Bonchev–Trinajstić information content (AvgIpc) is 2.08. The number of hydrogen-bond acceptors (Lipinski definition) is 1. The van der Waals surface area contributed by atoms with Crippen molar-refractivity contribution < 1.29 is 4.39 Å². The predicted octanol–water partition coefficient (Wildman–Crippen LogP) is 2.54. The summed E-state index contributed by atoms with van der Waals surface area (Å²) in [6.45, 7) is 4.68. The second-order valence-electron chi connectivity index (χ2n) is 3.31. The molecule has 0 spiro atoms. The predicted molar refractivity (Wildman–Crippen MR) is 60.1 cm³/mol. The zero-order valence-electron chi connectivity index (χ0n) is 8.33. The van der Waals surface area contributed by atoms with E-state index in [1.165, 1.54) is 6.07 Å². The number of rotatable bonds is 3. The molecule has 0 atom stereocenters. The molecule has 0 N–H and O–H groups in total. The van der Waals surface area contributed by atoms with Crippen LogP contribution in [0, 0.1) is 5.82 Å². The summed E-state index contributed by atoms with van der Waals surface area (Å²) in [5, 5.41) is 0. The summed E-state index contributed by atoms with van der Waals surface area (Å²) in [6.07, 6.45) is 0. The second-order valence-corrected chi connectivity index (χ2v) is 3.89. The van der Waals surface area contributed by atoms with Crippen LogP contribution < -0.4 is 0 Å². The minimum atomic E-state index is -0.147. The molecular weight excluding hydrogens is 217 g/mol. The van der Waals surface area contributed by atoms with Crippen LogP contribution in [0.5, 0.6) is 0 Å². The number of halogens is 2. The Morgan fingerprint density at radius 2 is 1.93 bits per heavy atom. The molecule has 0 aliphatic heterocycles. The summed E-state index contributed by atoms with van der Waals surface area (Å²) >= 11 is 0. The van der Waals surface area contributed by atoms with Crippen LogP contribution >= 0.6 is 12.4 Å². The highest BCUT2D eigenvalue weighted by atomic mass is 35.5. The van der Waals surface area contributed by atoms with E-state index in [1.54, 1.807) is 12.1 Å². The first-order valence-electron chi connectivity index (χ1n) is 4.32. The van der Waals surface area contributed by atoms with Crippen LogP contribution in [0.25, 0.3) is 0 Å². The molecule has 1 rings (SSSR count). The zero-order valence-corrected chi connectivity index (χ0v) is 10.1. The van der Waals surface area contributed by atoms with Gasteiger partial charge in [-0.2, -0.15) is 0 Å². The molecular formula is C10H14ClFNSi. The average molecular weight is 231 g/mol. The Morgan fingerprint density at radius 1 is 1.36 bits per heavy atom. The lowest BCUT2D eigenvalue weighted by atomic mass is 10.2. The van der Waals surface area contributed by atoms with E-state index < -0.39 is 0 Å². The molecule has 0 unspecified atom stereocenters. The molecule has 0 saturated heterocycles. The number of hydrogen-bond donors (Lipinski definition) is 0. The molecule has 0 aliphatic carbocycles. The quantitative estimate of drug-likeness (QED) is 0.722. The van der Waals surface area contributed by atoms with Gasteiger partial charge in [0, 0.05) is 12.1 Å². The maximum Gasteiger partial charge on any atom is 0.144 e. The topological polar surface area (TPSA) is 3.24 Å². The summed E-state index contributed by atoms with van der Waals surface area (Å²) in [5.74, 6) is -0.147. The van der Waals surface area contributed by atoms with Crippen LogP contribution in [-0.4, -0.2) is 21.0 Å². The van der Waals surface area contributed by atoms with Crippen molar-refractivity contribution in [2.24, 2.45) is 0 Å². The molecule has 1 aromatic rings. The van der Waals surface area contributed by atoms with Crippen LogP contribution in [-0.2, 0) is 6.54 Å². The van der Waals surface area contributed by atoms with E-state index in [4.69, 9.17) is 0 Å². The Bertz CT molecular complexity index is 281. The largest absolute Gasteiger partial charge is 0.320 e. The molecule has 77 valence electrons. The minimum absolute atomic E-state index is 0. The first kappa shape index (κ1) is 13.6. The van der Waals surface area contributed by atoms with E-state index in [9.17, 15) is 4.39 Å². The van der Waals surface area contributed by atoms with Gasteiger partial charge in [0.25, 0.3) is 0 Å². The summed E-state index contributed by atoms with van der Waals surface area (Å²) in [4.78, 5) is 0. The highest BCUT2D eigenvalue weighted by Gasteiger charge is 2.06. The first-order chi connectivity index (χ1) is 6.11. The van der Waals surface area contributed by atoms with E-state index >= 15 is 0 Å². The molecule has 14 heavy (non-hydrogen) atoms. The van der Waals surface area contributed by atoms with Crippen molar-refractivity contribution in [3.05, 3.63) is 35.6 Å². The van der Waals surface area contributed by atoms with Crippen molar-refractivity contribution >= 4 is 22.8 Å². The van der Waals surface area contributed by atoms with Crippen LogP contribution in [0.15, 0.2) is 24.3 Å². The molecule has 0 amide bonds. The molecule has 0 aliphatic rings. The third-order valence-corrected chi connectivity index (χ3v) is 2.60. The molecule has 0 bridgehead atoms. The van der Waals surface area contributed by atoms with Crippen LogP contribution in [0.1, 0.15) is 19.4 Å². The fourth-order valence-electron chi connectivity index (χ4n) is 0.993. The number of benzene rings is 1. The van der Waals surface area contributed by atoms with Crippen LogP contribution in [0.4, 0.5) is 4.39 Å². The Morgan fingerprint density at radius 3 is 2.43 bits per heavy atom. The zero-order chi connectivity index (χ0) is 9.84. The summed E-state index contributed by atoms with van der Waals surface area (Å²) < 4.78 is 15.1. The van der Waals surface area contributed by atoms with Crippen molar-refractivity contribution in [3.63, 3.8) is 0 Å². The van der Waals surface area contributed by atoms with E-state index in [0.29, 0.717) is 18.2 Å². The molecule has 1 aromatic carbocycles. The standard InChI is InChI=1S/C10H13FNSi.ClH/c1-8(2)12(13)7-9-5-3-4-6-10(9)11;/h3-6,8H,7H2,1-2H3;1H. The molecule has 4 heteroatoms. The lowest BCUT2D eigenvalue weighted by Gasteiger charge is -2.20. The summed E-state index contributed by atoms with van der Waals surface area (Å²) in [5.41, 5.74) is 0.714. The smallest absolute Gasteiger partial charge is 0.144 e. The Kier molecular flexibility index (Phi) is 6.00. The maximum absolute atomic E-state index is 13.2. The minimum Gasteiger partial charge on any atom is -0.320 e. The highest BCUT2D eigenvalue weighted by Crippen LogP contribution is 2.09. The normalized spacial score (nSPS) is 10.4. The Balaban J connectivity index is 0.00000169. The van der Waals surface area contributed by atoms with Gasteiger partial charge in [-0.1, -0.05) is 32.0 Å². The molecule has 0 heterocycles. The first-order valence-corrected chi connectivity index (χ1v) is 4.77. The van der Waals surface area contributed by atoms with Crippen LogP contribution in [0.2, 0.25) is 0 Å². The number of nitrogens with zero attached hydrogens (tertiary/aromatic N) is 1. The van der Waals surface area contributed by atoms with Gasteiger partial charge in [-0.3, -0.25) is 0 Å². The Labute approximate surface area is 94.2 Å². The van der Waals surface area contributed by atoms with Gasteiger partial charge in [-0.25, -0.2) is 4.39 Å². The molecule has 1 nitrogen and oxygen atoms in total. The SMILES string of the molecule is CC(C)N([Si])Cc1ccccc1F.Cl.